The van der Waals surface area contributed by atoms with Crippen molar-refractivity contribution in [2.24, 2.45) is 0 Å². The molecule has 0 saturated carbocycles. The second kappa shape index (κ2) is 4.41. The molecule has 0 fully saturated rings. The van der Waals surface area contributed by atoms with E-state index in [4.69, 9.17) is 22.1 Å². The molecule has 0 unspecified atom stereocenters. The summed E-state index contributed by atoms with van der Waals surface area (Å²) in [5.41, 5.74) is 6.22. The van der Waals surface area contributed by atoms with Crippen molar-refractivity contribution >= 4 is 17.3 Å². The summed E-state index contributed by atoms with van der Waals surface area (Å²) in [7, 11) is 0. The van der Waals surface area contributed by atoms with Crippen LogP contribution < -0.4 is 10.5 Å². The molecular formula is C12H9ClFNO. The molecule has 2 aromatic rings. The minimum Gasteiger partial charge on any atom is -0.455 e. The summed E-state index contributed by atoms with van der Waals surface area (Å²) in [5, 5.41) is 0.0204. The molecule has 0 aliphatic heterocycles. The van der Waals surface area contributed by atoms with E-state index in [1.165, 1.54) is 18.2 Å². The second-order valence-electron chi connectivity index (χ2n) is 3.22. The van der Waals surface area contributed by atoms with E-state index in [1.807, 2.05) is 0 Å². The number of anilines is 1. The van der Waals surface area contributed by atoms with Crippen molar-refractivity contribution in [1.82, 2.24) is 0 Å². The van der Waals surface area contributed by atoms with Crippen molar-refractivity contribution < 1.29 is 9.13 Å². The lowest BCUT2D eigenvalue weighted by molar-refractivity contribution is 0.483. The van der Waals surface area contributed by atoms with Crippen LogP contribution in [0.2, 0.25) is 5.02 Å². The van der Waals surface area contributed by atoms with E-state index in [9.17, 15) is 4.39 Å². The van der Waals surface area contributed by atoms with Crippen molar-refractivity contribution in [1.29, 1.82) is 0 Å². The van der Waals surface area contributed by atoms with Crippen molar-refractivity contribution in [2.45, 2.75) is 0 Å². The maximum atomic E-state index is 12.9. The molecule has 2 N–H and O–H groups in total. The SMILES string of the molecule is Nc1ccccc1Oc1ccc(F)c(Cl)c1. The summed E-state index contributed by atoms with van der Waals surface area (Å²) < 4.78 is 18.4. The maximum Gasteiger partial charge on any atom is 0.150 e. The highest BCUT2D eigenvalue weighted by atomic mass is 35.5. The summed E-state index contributed by atoms with van der Waals surface area (Å²) in [4.78, 5) is 0. The maximum absolute atomic E-state index is 12.9. The predicted octanol–water partition coefficient (Wildman–Crippen LogP) is 3.85. The first-order valence-electron chi connectivity index (χ1n) is 4.64. The van der Waals surface area contributed by atoms with Gasteiger partial charge in [-0.15, -0.1) is 0 Å². The minimum absolute atomic E-state index is 0.0204. The van der Waals surface area contributed by atoms with Crippen molar-refractivity contribution in [3.63, 3.8) is 0 Å². The molecule has 2 nitrogen and oxygen atoms in total. The first-order valence-corrected chi connectivity index (χ1v) is 5.02. The molecule has 0 aliphatic carbocycles. The molecule has 2 aromatic carbocycles. The third kappa shape index (κ3) is 2.25. The molecular weight excluding hydrogens is 229 g/mol. The van der Waals surface area contributed by atoms with E-state index in [1.54, 1.807) is 24.3 Å². The Bertz CT molecular complexity index is 516. The Kier molecular flexibility index (Phi) is 2.97. The molecule has 0 heterocycles. The van der Waals surface area contributed by atoms with E-state index in [2.05, 4.69) is 0 Å². The molecule has 0 saturated heterocycles. The van der Waals surface area contributed by atoms with Gasteiger partial charge in [-0.1, -0.05) is 23.7 Å². The quantitative estimate of drug-likeness (QED) is 0.805. The van der Waals surface area contributed by atoms with Gasteiger partial charge in [0.1, 0.15) is 17.3 Å². The van der Waals surface area contributed by atoms with Crippen LogP contribution in [0.3, 0.4) is 0 Å². The summed E-state index contributed by atoms with van der Waals surface area (Å²) in [5.74, 6) is 0.490. The summed E-state index contributed by atoms with van der Waals surface area (Å²) in [6.07, 6.45) is 0. The molecule has 82 valence electrons. The van der Waals surface area contributed by atoms with Gasteiger partial charge in [0.05, 0.1) is 10.7 Å². The second-order valence-corrected chi connectivity index (χ2v) is 3.62. The largest absolute Gasteiger partial charge is 0.455 e. The van der Waals surface area contributed by atoms with Crippen LogP contribution in [-0.2, 0) is 0 Å². The van der Waals surface area contributed by atoms with Crippen LogP contribution in [0.15, 0.2) is 42.5 Å². The molecule has 0 amide bonds. The predicted molar refractivity (Wildman–Crippen MR) is 62.3 cm³/mol. The number of nitrogen functional groups attached to an aromatic ring is 1. The van der Waals surface area contributed by atoms with Gasteiger partial charge >= 0.3 is 0 Å². The highest BCUT2D eigenvalue weighted by Crippen LogP contribution is 2.29. The minimum atomic E-state index is -0.477. The van der Waals surface area contributed by atoms with Crippen molar-refractivity contribution in [3.8, 4) is 11.5 Å². The molecule has 2 rings (SSSR count). The number of nitrogens with two attached hydrogens (primary N) is 1. The zero-order valence-electron chi connectivity index (χ0n) is 8.28. The molecule has 0 radical (unpaired) electrons. The van der Waals surface area contributed by atoms with E-state index in [0.717, 1.165) is 0 Å². The van der Waals surface area contributed by atoms with Gasteiger partial charge in [0, 0.05) is 6.07 Å². The lowest BCUT2D eigenvalue weighted by atomic mass is 10.3. The van der Waals surface area contributed by atoms with Gasteiger partial charge in [0.25, 0.3) is 0 Å². The first kappa shape index (κ1) is 10.8. The van der Waals surface area contributed by atoms with Crippen LogP contribution in [0.1, 0.15) is 0 Å². The van der Waals surface area contributed by atoms with E-state index in [-0.39, 0.29) is 5.02 Å². The number of para-hydroxylation sites is 2. The highest BCUT2D eigenvalue weighted by Gasteiger charge is 2.04. The fourth-order valence-electron chi connectivity index (χ4n) is 1.24. The molecule has 0 aromatic heterocycles. The Morgan fingerprint density at radius 2 is 1.88 bits per heavy atom. The van der Waals surface area contributed by atoms with Crippen molar-refractivity contribution in [3.05, 3.63) is 53.3 Å². The van der Waals surface area contributed by atoms with Gasteiger partial charge in [-0.2, -0.15) is 0 Å². The van der Waals surface area contributed by atoms with Crippen LogP contribution in [0.25, 0.3) is 0 Å². The number of hydrogen-bond acceptors (Lipinski definition) is 2. The first-order chi connectivity index (χ1) is 7.66. The fraction of sp³-hybridized carbons (Fsp3) is 0. The number of ether oxygens (including phenoxy) is 1. The molecule has 0 bridgehead atoms. The van der Waals surface area contributed by atoms with Crippen LogP contribution in [0.4, 0.5) is 10.1 Å². The van der Waals surface area contributed by atoms with Gasteiger partial charge in [0.15, 0.2) is 0 Å². The molecule has 16 heavy (non-hydrogen) atoms. The lowest BCUT2D eigenvalue weighted by Crippen LogP contribution is -1.91. The zero-order valence-corrected chi connectivity index (χ0v) is 9.04. The van der Waals surface area contributed by atoms with Crippen LogP contribution in [-0.4, -0.2) is 0 Å². The highest BCUT2D eigenvalue weighted by molar-refractivity contribution is 6.30. The van der Waals surface area contributed by atoms with E-state index < -0.39 is 5.82 Å². The van der Waals surface area contributed by atoms with Gasteiger partial charge < -0.3 is 10.5 Å². The zero-order chi connectivity index (χ0) is 11.5. The third-order valence-electron chi connectivity index (χ3n) is 2.04. The van der Waals surface area contributed by atoms with E-state index >= 15 is 0 Å². The Balaban J connectivity index is 2.28. The summed E-state index contributed by atoms with van der Waals surface area (Å²) in [6.45, 7) is 0. The average molecular weight is 238 g/mol. The van der Waals surface area contributed by atoms with E-state index in [0.29, 0.717) is 17.2 Å². The summed E-state index contributed by atoms with van der Waals surface area (Å²) >= 11 is 5.63. The summed E-state index contributed by atoms with van der Waals surface area (Å²) in [6, 6.07) is 11.2. The van der Waals surface area contributed by atoms with Crippen molar-refractivity contribution in [2.75, 3.05) is 5.73 Å². The normalized spacial score (nSPS) is 10.1. The van der Waals surface area contributed by atoms with Gasteiger partial charge in [-0.3, -0.25) is 0 Å². The smallest absolute Gasteiger partial charge is 0.150 e. The fourth-order valence-corrected chi connectivity index (χ4v) is 1.41. The van der Waals surface area contributed by atoms with Crippen LogP contribution in [0, 0.1) is 5.82 Å². The van der Waals surface area contributed by atoms with Crippen LogP contribution >= 0.6 is 11.6 Å². The Labute approximate surface area is 97.4 Å². The van der Waals surface area contributed by atoms with Crippen LogP contribution in [0.5, 0.6) is 11.5 Å². The topological polar surface area (TPSA) is 35.2 Å². The van der Waals surface area contributed by atoms with Gasteiger partial charge in [-0.25, -0.2) is 4.39 Å². The molecule has 0 atom stereocenters. The Morgan fingerprint density at radius 1 is 1.12 bits per heavy atom. The lowest BCUT2D eigenvalue weighted by Gasteiger charge is -2.08. The number of hydrogen-bond donors (Lipinski definition) is 1. The van der Waals surface area contributed by atoms with Gasteiger partial charge in [0.2, 0.25) is 0 Å². The number of benzene rings is 2. The number of halogens is 2. The standard InChI is InChI=1S/C12H9ClFNO/c13-9-7-8(5-6-10(9)14)16-12-4-2-1-3-11(12)15/h1-7H,15H2. The third-order valence-corrected chi connectivity index (χ3v) is 2.33. The average Bonchev–Trinajstić information content (AvgIpc) is 2.27. The van der Waals surface area contributed by atoms with Gasteiger partial charge in [-0.05, 0) is 24.3 Å². The monoisotopic (exact) mass is 237 g/mol. The number of rotatable bonds is 2. The Morgan fingerprint density at radius 3 is 2.56 bits per heavy atom. The Hall–Kier alpha value is -1.74. The molecule has 0 aliphatic rings. The molecule has 4 heteroatoms. The molecule has 0 spiro atoms.